The van der Waals surface area contributed by atoms with Crippen LogP contribution in [0.4, 0.5) is 24.0 Å². The maximum Gasteiger partial charge on any atom is 0.416 e. The van der Waals surface area contributed by atoms with E-state index < -0.39 is 11.7 Å². The number of nitrogens with one attached hydrogen (secondary N) is 1. The molecule has 2 amide bonds. The smallest absolute Gasteiger partial charge is 0.311 e. The van der Waals surface area contributed by atoms with Crippen LogP contribution in [0.5, 0.6) is 0 Å². The third-order valence-corrected chi connectivity index (χ3v) is 5.08. The molecule has 1 aliphatic rings. The number of carbonyl (C=O) groups excluding carboxylic acids is 2. The Hall–Kier alpha value is -2.42. The number of carbonyl (C=O) groups is 2. The molecule has 1 aromatic carbocycles. The average molecular weight is 397 g/mol. The quantitative estimate of drug-likeness (QED) is 0.852. The molecule has 1 N–H and O–H groups in total. The first-order valence-electron chi connectivity index (χ1n) is 8.41. The zero-order chi connectivity index (χ0) is 19.8. The van der Waals surface area contributed by atoms with Crippen LogP contribution < -0.4 is 10.2 Å². The second kappa shape index (κ2) is 7.30. The number of benzene rings is 1. The fraction of sp³-hybridized carbons (Fsp3) is 0.389. The molecule has 9 heteroatoms. The van der Waals surface area contributed by atoms with Crippen LogP contribution in [0.3, 0.4) is 0 Å². The zero-order valence-electron chi connectivity index (χ0n) is 14.8. The number of fused-ring (bicyclic) bond motifs is 1. The van der Waals surface area contributed by atoms with E-state index in [2.05, 4.69) is 10.3 Å². The van der Waals surface area contributed by atoms with Crippen molar-refractivity contribution in [1.29, 1.82) is 0 Å². The highest BCUT2D eigenvalue weighted by molar-refractivity contribution is 7.13. The maximum absolute atomic E-state index is 13.1. The molecular weight excluding hydrogens is 379 g/mol. The lowest BCUT2D eigenvalue weighted by Gasteiger charge is -2.18. The summed E-state index contributed by atoms with van der Waals surface area (Å²) >= 11 is 1.21. The normalized spacial score (nSPS) is 13.8. The molecule has 0 radical (unpaired) electrons. The highest BCUT2D eigenvalue weighted by atomic mass is 32.1. The lowest BCUT2D eigenvalue weighted by molar-refractivity contribution is -0.138. The van der Waals surface area contributed by atoms with Gasteiger partial charge in [0.15, 0.2) is 5.13 Å². The summed E-state index contributed by atoms with van der Waals surface area (Å²) in [4.78, 5) is 29.9. The van der Waals surface area contributed by atoms with E-state index >= 15 is 0 Å². The van der Waals surface area contributed by atoms with Gasteiger partial charge in [0.05, 0.1) is 17.7 Å². The van der Waals surface area contributed by atoms with E-state index in [9.17, 15) is 22.8 Å². The van der Waals surface area contributed by atoms with E-state index in [1.54, 1.807) is 19.2 Å². The second-order valence-electron chi connectivity index (χ2n) is 6.56. The number of hydrogen-bond acceptors (Lipinski definition) is 4. The summed E-state index contributed by atoms with van der Waals surface area (Å²) in [6, 6.07) is 3.89. The summed E-state index contributed by atoms with van der Waals surface area (Å²) in [5.74, 6) is -0.682. The zero-order valence-corrected chi connectivity index (χ0v) is 15.6. The molecule has 0 saturated heterocycles. The van der Waals surface area contributed by atoms with Crippen LogP contribution in [0.15, 0.2) is 23.6 Å². The van der Waals surface area contributed by atoms with Crippen molar-refractivity contribution in [3.63, 3.8) is 0 Å². The minimum atomic E-state index is -4.44. The highest BCUT2D eigenvalue weighted by Crippen LogP contribution is 2.39. The molecule has 2 heterocycles. The van der Waals surface area contributed by atoms with Crippen LogP contribution in [-0.2, 0) is 28.6 Å². The first-order valence-corrected chi connectivity index (χ1v) is 9.29. The third-order valence-electron chi connectivity index (χ3n) is 4.27. The Morgan fingerprint density at radius 3 is 2.74 bits per heavy atom. The Kier molecular flexibility index (Phi) is 5.23. The molecule has 144 valence electrons. The van der Waals surface area contributed by atoms with Crippen LogP contribution in [0.25, 0.3) is 0 Å². The van der Waals surface area contributed by atoms with Crippen molar-refractivity contribution < 1.29 is 22.8 Å². The first-order chi connectivity index (χ1) is 12.7. The van der Waals surface area contributed by atoms with Crippen molar-refractivity contribution in [2.24, 2.45) is 5.92 Å². The van der Waals surface area contributed by atoms with Gasteiger partial charge in [0, 0.05) is 23.5 Å². The van der Waals surface area contributed by atoms with E-state index in [1.165, 1.54) is 28.4 Å². The molecule has 5 nitrogen and oxygen atoms in total. The summed E-state index contributed by atoms with van der Waals surface area (Å²) < 4.78 is 39.4. The van der Waals surface area contributed by atoms with Crippen molar-refractivity contribution in [2.45, 2.75) is 32.9 Å². The fourth-order valence-electron chi connectivity index (χ4n) is 2.90. The van der Waals surface area contributed by atoms with E-state index in [4.69, 9.17) is 0 Å². The average Bonchev–Trinajstić information content (AvgIpc) is 3.20. The number of halogens is 3. The Morgan fingerprint density at radius 1 is 1.33 bits per heavy atom. The molecular formula is C18H18F3N3O2S. The van der Waals surface area contributed by atoms with Crippen molar-refractivity contribution >= 4 is 34.0 Å². The molecule has 2 aromatic rings. The maximum atomic E-state index is 13.1. The van der Waals surface area contributed by atoms with Gasteiger partial charge in [-0.3, -0.25) is 9.59 Å². The van der Waals surface area contributed by atoms with Crippen LogP contribution in [-0.4, -0.2) is 23.3 Å². The van der Waals surface area contributed by atoms with Gasteiger partial charge in [-0.1, -0.05) is 19.9 Å². The molecule has 0 fully saturated rings. The SMILES string of the molecule is CC(C)C(=O)Nc1nc(CC(=O)N2CCc3c2cccc3C(F)(F)F)cs1. The number of nitrogens with zero attached hydrogens (tertiary/aromatic N) is 2. The van der Waals surface area contributed by atoms with Crippen molar-refractivity contribution in [3.8, 4) is 0 Å². The van der Waals surface area contributed by atoms with Crippen molar-refractivity contribution in [2.75, 3.05) is 16.8 Å². The third kappa shape index (κ3) is 4.13. The van der Waals surface area contributed by atoms with Gasteiger partial charge in [0.1, 0.15) is 0 Å². The summed E-state index contributed by atoms with van der Waals surface area (Å²) in [7, 11) is 0. The molecule has 0 bridgehead atoms. The molecule has 0 unspecified atom stereocenters. The highest BCUT2D eigenvalue weighted by Gasteiger charge is 2.37. The first kappa shape index (κ1) is 19.3. The summed E-state index contributed by atoms with van der Waals surface area (Å²) in [6.07, 6.45) is -4.31. The van der Waals surface area contributed by atoms with E-state index in [0.29, 0.717) is 16.5 Å². The lowest BCUT2D eigenvalue weighted by Crippen LogP contribution is -2.30. The van der Waals surface area contributed by atoms with Gasteiger partial charge in [-0.15, -0.1) is 11.3 Å². The van der Waals surface area contributed by atoms with Crippen LogP contribution >= 0.6 is 11.3 Å². The molecule has 0 atom stereocenters. The Labute approximate surface area is 158 Å². The van der Waals surface area contributed by atoms with Gasteiger partial charge >= 0.3 is 6.18 Å². The number of thiazole rings is 1. The molecule has 27 heavy (non-hydrogen) atoms. The molecule has 0 aliphatic carbocycles. The van der Waals surface area contributed by atoms with E-state index in [1.807, 2.05) is 0 Å². The standard InChI is InChI=1S/C18H18F3N3O2S/c1-10(2)16(26)23-17-22-11(9-27-17)8-15(25)24-7-6-12-13(18(19,20)21)4-3-5-14(12)24/h3-5,9-10H,6-8H2,1-2H3,(H,22,23,26). The fourth-order valence-corrected chi connectivity index (χ4v) is 3.62. The Bertz CT molecular complexity index is 877. The molecule has 1 aliphatic heterocycles. The van der Waals surface area contributed by atoms with Gasteiger partial charge in [-0.2, -0.15) is 13.2 Å². The molecule has 0 saturated carbocycles. The summed E-state index contributed by atoms with van der Waals surface area (Å²) in [5.41, 5.74) is 0.243. The molecule has 0 spiro atoms. The number of anilines is 2. The monoisotopic (exact) mass is 397 g/mol. The molecule has 1 aromatic heterocycles. The van der Waals surface area contributed by atoms with Gasteiger partial charge in [-0.25, -0.2) is 4.98 Å². The van der Waals surface area contributed by atoms with Gasteiger partial charge in [0.25, 0.3) is 0 Å². The van der Waals surface area contributed by atoms with Gasteiger partial charge in [0.2, 0.25) is 11.8 Å². The Balaban J connectivity index is 1.73. The van der Waals surface area contributed by atoms with Crippen molar-refractivity contribution in [3.05, 3.63) is 40.4 Å². The largest absolute Gasteiger partial charge is 0.416 e. The number of aromatic nitrogens is 1. The predicted molar refractivity (Wildman–Crippen MR) is 96.8 cm³/mol. The van der Waals surface area contributed by atoms with Gasteiger partial charge in [-0.05, 0) is 24.1 Å². The number of amides is 2. The van der Waals surface area contributed by atoms with Gasteiger partial charge < -0.3 is 10.2 Å². The van der Waals surface area contributed by atoms with E-state index in [0.717, 1.165) is 6.07 Å². The van der Waals surface area contributed by atoms with Crippen LogP contribution in [0, 0.1) is 5.92 Å². The minimum absolute atomic E-state index is 0.0380. The Morgan fingerprint density at radius 2 is 2.07 bits per heavy atom. The van der Waals surface area contributed by atoms with Crippen LogP contribution in [0.1, 0.15) is 30.7 Å². The lowest BCUT2D eigenvalue weighted by atomic mass is 10.0. The molecule has 3 rings (SSSR count). The second-order valence-corrected chi connectivity index (χ2v) is 7.42. The summed E-state index contributed by atoms with van der Waals surface area (Å²) in [6.45, 7) is 3.73. The number of rotatable bonds is 4. The van der Waals surface area contributed by atoms with Crippen LogP contribution in [0.2, 0.25) is 0 Å². The minimum Gasteiger partial charge on any atom is -0.311 e. The van der Waals surface area contributed by atoms with Crippen molar-refractivity contribution in [1.82, 2.24) is 4.98 Å². The number of alkyl halides is 3. The number of hydrogen-bond donors (Lipinski definition) is 1. The topological polar surface area (TPSA) is 62.3 Å². The summed E-state index contributed by atoms with van der Waals surface area (Å²) in [5, 5.41) is 4.73. The van der Waals surface area contributed by atoms with E-state index in [-0.39, 0.29) is 42.7 Å². The predicted octanol–water partition coefficient (Wildman–Crippen LogP) is 3.89.